The van der Waals surface area contributed by atoms with Gasteiger partial charge in [-0.05, 0) is 36.2 Å². The van der Waals surface area contributed by atoms with Gasteiger partial charge in [0.15, 0.2) is 6.61 Å². The van der Waals surface area contributed by atoms with Crippen molar-refractivity contribution in [2.45, 2.75) is 26.7 Å². The Bertz CT molecular complexity index is 1090. The topological polar surface area (TPSA) is 85.6 Å². The molecule has 2 aromatic carbocycles. The Labute approximate surface area is 166 Å². The van der Waals surface area contributed by atoms with Gasteiger partial charge in [-0.25, -0.2) is 4.39 Å². The van der Waals surface area contributed by atoms with Crippen molar-refractivity contribution in [3.05, 3.63) is 65.2 Å². The molecule has 0 saturated heterocycles. The van der Waals surface area contributed by atoms with E-state index < -0.39 is 24.2 Å². The average molecular weight is 397 g/mol. The molecule has 0 radical (unpaired) electrons. The standard InChI is InChI=1S/C22H20FNO5/c1-3-14-4-6-17-15(11-28-21(17)8-14)9-22(27)29-12-20(26)18-7-5-16(10-19(18)23)24-13(2)25/h4-8,10-11H,3,9,12H2,1-2H3,(H,24,25). The number of furan rings is 1. The summed E-state index contributed by atoms with van der Waals surface area (Å²) in [6.07, 6.45) is 2.31. The normalized spacial score (nSPS) is 10.7. The highest BCUT2D eigenvalue weighted by Gasteiger charge is 2.17. The number of rotatable bonds is 7. The third-order valence-electron chi connectivity index (χ3n) is 4.42. The van der Waals surface area contributed by atoms with E-state index in [2.05, 4.69) is 5.32 Å². The molecule has 0 aliphatic rings. The molecule has 1 amide bonds. The Hall–Kier alpha value is -3.48. The zero-order valence-corrected chi connectivity index (χ0v) is 16.1. The largest absolute Gasteiger partial charge is 0.464 e. The van der Waals surface area contributed by atoms with Gasteiger partial charge >= 0.3 is 5.97 Å². The maximum Gasteiger partial charge on any atom is 0.310 e. The number of fused-ring (bicyclic) bond motifs is 1. The molecule has 0 saturated carbocycles. The Balaban J connectivity index is 1.61. The number of amides is 1. The van der Waals surface area contributed by atoms with Crippen molar-refractivity contribution in [3.8, 4) is 0 Å². The monoisotopic (exact) mass is 397 g/mol. The van der Waals surface area contributed by atoms with E-state index in [0.717, 1.165) is 23.4 Å². The van der Waals surface area contributed by atoms with E-state index >= 15 is 0 Å². The van der Waals surface area contributed by atoms with Crippen LogP contribution in [0.5, 0.6) is 0 Å². The van der Waals surface area contributed by atoms with Crippen LogP contribution in [0.4, 0.5) is 10.1 Å². The van der Waals surface area contributed by atoms with Gasteiger partial charge in [-0.15, -0.1) is 0 Å². The number of benzene rings is 2. The molecule has 0 unspecified atom stereocenters. The third-order valence-corrected chi connectivity index (χ3v) is 4.42. The predicted octanol–water partition coefficient (Wildman–Crippen LogP) is 4.06. The number of aryl methyl sites for hydroxylation is 1. The first kappa shape index (κ1) is 20.3. The van der Waals surface area contributed by atoms with Crippen molar-refractivity contribution in [1.29, 1.82) is 0 Å². The summed E-state index contributed by atoms with van der Waals surface area (Å²) < 4.78 is 24.6. The second-order valence-corrected chi connectivity index (χ2v) is 6.58. The number of ketones is 1. The lowest BCUT2D eigenvalue weighted by Gasteiger charge is -2.07. The minimum Gasteiger partial charge on any atom is -0.464 e. The molecule has 0 spiro atoms. The highest BCUT2D eigenvalue weighted by atomic mass is 19.1. The number of anilines is 1. The highest BCUT2D eigenvalue weighted by molar-refractivity contribution is 5.99. The van der Waals surface area contributed by atoms with Crippen LogP contribution in [0.3, 0.4) is 0 Å². The van der Waals surface area contributed by atoms with Crippen LogP contribution in [-0.2, 0) is 27.2 Å². The van der Waals surface area contributed by atoms with E-state index in [1.165, 1.54) is 25.3 Å². The summed E-state index contributed by atoms with van der Waals surface area (Å²) >= 11 is 0. The van der Waals surface area contributed by atoms with E-state index in [1.54, 1.807) is 0 Å². The number of ether oxygens (including phenoxy) is 1. The lowest BCUT2D eigenvalue weighted by molar-refractivity contribution is -0.141. The first-order valence-electron chi connectivity index (χ1n) is 9.12. The van der Waals surface area contributed by atoms with Gasteiger partial charge in [0.1, 0.15) is 11.4 Å². The number of halogens is 1. The van der Waals surface area contributed by atoms with Crippen LogP contribution in [0.1, 0.15) is 35.3 Å². The van der Waals surface area contributed by atoms with Crippen molar-refractivity contribution in [2.75, 3.05) is 11.9 Å². The Morgan fingerprint density at radius 2 is 1.93 bits per heavy atom. The summed E-state index contributed by atoms with van der Waals surface area (Å²) in [6.45, 7) is 2.75. The molecule has 3 aromatic rings. The molecule has 1 aromatic heterocycles. The molecule has 0 bridgehead atoms. The molecular formula is C22H20FNO5. The third kappa shape index (κ3) is 4.87. The number of hydrogen-bond donors (Lipinski definition) is 1. The Morgan fingerprint density at radius 1 is 1.14 bits per heavy atom. The quantitative estimate of drug-likeness (QED) is 0.480. The van der Waals surface area contributed by atoms with E-state index in [-0.39, 0.29) is 23.6 Å². The Kier molecular flexibility index (Phi) is 6.07. The number of Topliss-reactive ketones (excluding diaryl/α,β-unsaturated/α-hetero) is 1. The van der Waals surface area contributed by atoms with Crippen LogP contribution in [0.15, 0.2) is 47.1 Å². The molecule has 29 heavy (non-hydrogen) atoms. The number of nitrogens with one attached hydrogen (secondary N) is 1. The number of carbonyl (C=O) groups excluding carboxylic acids is 3. The summed E-state index contributed by atoms with van der Waals surface area (Å²) in [5, 5.41) is 3.23. The van der Waals surface area contributed by atoms with Crippen LogP contribution >= 0.6 is 0 Å². The maximum atomic E-state index is 14.1. The molecular weight excluding hydrogens is 377 g/mol. The fourth-order valence-corrected chi connectivity index (χ4v) is 2.94. The second-order valence-electron chi connectivity index (χ2n) is 6.58. The predicted molar refractivity (Wildman–Crippen MR) is 105 cm³/mol. The summed E-state index contributed by atoms with van der Waals surface area (Å²) in [5.41, 5.74) is 2.49. The first-order chi connectivity index (χ1) is 13.9. The summed E-state index contributed by atoms with van der Waals surface area (Å²) in [6, 6.07) is 9.45. The summed E-state index contributed by atoms with van der Waals surface area (Å²) in [5.74, 6) is -2.44. The molecule has 150 valence electrons. The highest BCUT2D eigenvalue weighted by Crippen LogP contribution is 2.23. The van der Waals surface area contributed by atoms with Gasteiger partial charge in [-0.1, -0.05) is 19.1 Å². The summed E-state index contributed by atoms with van der Waals surface area (Å²) in [4.78, 5) is 35.3. The molecule has 3 rings (SSSR count). The fraction of sp³-hybridized carbons (Fsp3) is 0.227. The van der Waals surface area contributed by atoms with Crippen molar-refractivity contribution < 1.29 is 27.9 Å². The van der Waals surface area contributed by atoms with E-state index in [9.17, 15) is 18.8 Å². The molecule has 6 nitrogen and oxygen atoms in total. The summed E-state index contributed by atoms with van der Waals surface area (Å²) in [7, 11) is 0. The number of carbonyl (C=O) groups is 3. The van der Waals surface area contributed by atoms with Crippen LogP contribution in [0.2, 0.25) is 0 Å². The zero-order valence-electron chi connectivity index (χ0n) is 16.1. The molecule has 0 aliphatic carbocycles. The Morgan fingerprint density at radius 3 is 2.62 bits per heavy atom. The van der Waals surface area contributed by atoms with Crippen molar-refractivity contribution in [1.82, 2.24) is 0 Å². The van der Waals surface area contributed by atoms with Crippen LogP contribution in [-0.4, -0.2) is 24.3 Å². The number of esters is 1. The molecule has 1 N–H and O–H groups in total. The molecule has 7 heteroatoms. The van der Waals surface area contributed by atoms with Gasteiger partial charge < -0.3 is 14.5 Å². The first-order valence-corrected chi connectivity index (χ1v) is 9.12. The fourth-order valence-electron chi connectivity index (χ4n) is 2.94. The van der Waals surface area contributed by atoms with Crippen LogP contribution < -0.4 is 5.32 Å². The SMILES string of the molecule is CCc1ccc2c(CC(=O)OCC(=O)c3ccc(NC(C)=O)cc3F)coc2c1. The van der Waals surface area contributed by atoms with E-state index in [0.29, 0.717) is 11.1 Å². The van der Waals surface area contributed by atoms with E-state index in [1.807, 2.05) is 25.1 Å². The molecule has 0 atom stereocenters. The zero-order chi connectivity index (χ0) is 21.0. The minimum absolute atomic E-state index is 0.0598. The van der Waals surface area contributed by atoms with Crippen molar-refractivity contribution >= 4 is 34.3 Å². The van der Waals surface area contributed by atoms with Gasteiger partial charge in [-0.2, -0.15) is 0 Å². The molecule has 0 aliphatic heterocycles. The van der Waals surface area contributed by atoms with Crippen LogP contribution in [0, 0.1) is 5.82 Å². The molecule has 0 fully saturated rings. The van der Waals surface area contributed by atoms with Gasteiger partial charge in [0.2, 0.25) is 11.7 Å². The average Bonchev–Trinajstić information content (AvgIpc) is 3.07. The van der Waals surface area contributed by atoms with Gasteiger partial charge in [0.05, 0.1) is 18.2 Å². The minimum atomic E-state index is -0.801. The maximum absolute atomic E-state index is 14.1. The smallest absolute Gasteiger partial charge is 0.310 e. The van der Waals surface area contributed by atoms with Gasteiger partial charge in [0.25, 0.3) is 0 Å². The van der Waals surface area contributed by atoms with Crippen molar-refractivity contribution in [2.24, 2.45) is 0 Å². The lowest BCUT2D eigenvalue weighted by atomic mass is 10.1. The second kappa shape index (κ2) is 8.68. The van der Waals surface area contributed by atoms with E-state index in [4.69, 9.17) is 9.15 Å². The molecule has 1 heterocycles. The van der Waals surface area contributed by atoms with Crippen molar-refractivity contribution in [3.63, 3.8) is 0 Å². The van der Waals surface area contributed by atoms with Crippen LogP contribution in [0.25, 0.3) is 11.0 Å². The van der Waals surface area contributed by atoms with Gasteiger partial charge in [-0.3, -0.25) is 14.4 Å². The lowest BCUT2D eigenvalue weighted by Crippen LogP contribution is -2.17. The van der Waals surface area contributed by atoms with Gasteiger partial charge in [0, 0.05) is 23.6 Å². The number of hydrogen-bond acceptors (Lipinski definition) is 5.